The summed E-state index contributed by atoms with van der Waals surface area (Å²) in [6.07, 6.45) is 1.82. The van der Waals surface area contributed by atoms with Gasteiger partial charge in [-0.2, -0.15) is 0 Å². The van der Waals surface area contributed by atoms with E-state index in [2.05, 4.69) is 76.2 Å². The fourth-order valence-corrected chi connectivity index (χ4v) is 8.59. The topological polar surface area (TPSA) is 50.9 Å². The van der Waals surface area contributed by atoms with E-state index in [1.807, 2.05) is 54.7 Å². The number of nitrogens with zero attached hydrogens (tertiary/aromatic N) is 3. The van der Waals surface area contributed by atoms with E-state index in [0.717, 1.165) is 33.5 Å². The molecule has 6 aromatic carbocycles. The van der Waals surface area contributed by atoms with Gasteiger partial charge in [-0.3, -0.25) is 9.55 Å². The SMILES string of the molecule is [2H]C([2H])([2H])c1cc(-c2c(C([2H])(C)C)cccc2C([2H])(C)C)ccc1-n1c(-c2cc(C([2H])(C)C)cc(C([2H])(C)C)c2O)nc2c(-c3[c-]c(-c4cc(-c5ccc(C)cc5)ccn4)cc(C(C)(C)C)c3)cccc21.[Pt]. The third kappa shape index (κ3) is 9.30. The minimum absolute atomic E-state index is 0. The molecule has 0 aliphatic heterocycles. The molecular formula is C60H64N3OPt-. The van der Waals surface area contributed by atoms with Gasteiger partial charge in [0.2, 0.25) is 0 Å². The second-order valence-electron chi connectivity index (χ2n) is 19.1. The molecule has 8 rings (SSSR count). The van der Waals surface area contributed by atoms with Crippen molar-refractivity contribution >= 4 is 11.0 Å². The normalized spacial score (nSPS) is 14.4. The summed E-state index contributed by atoms with van der Waals surface area (Å²) in [5, 5.41) is 12.4. The molecule has 2 aromatic heterocycles. The average Bonchev–Trinajstić information content (AvgIpc) is 3.66. The fourth-order valence-electron chi connectivity index (χ4n) is 8.59. The summed E-state index contributed by atoms with van der Waals surface area (Å²) in [6.45, 7) is 19.9. The van der Waals surface area contributed by atoms with Crippen molar-refractivity contribution in [1.82, 2.24) is 14.5 Å². The number of phenolic OH excluding ortho intramolecular Hbond substituents is 1. The molecular weight excluding hydrogens is 974 g/mol. The molecule has 0 atom stereocenters. The Labute approximate surface area is 412 Å². The van der Waals surface area contributed by atoms with Crippen molar-refractivity contribution in [3.63, 3.8) is 0 Å². The fraction of sp³-hybridized carbons (Fsp3) is 0.300. The quantitative estimate of drug-likeness (QED) is 0.139. The second kappa shape index (κ2) is 18.7. The number of phenols is 1. The van der Waals surface area contributed by atoms with E-state index in [0.29, 0.717) is 50.0 Å². The number of aromatic hydroxyl groups is 1. The molecule has 1 N–H and O–H groups in total. The smallest absolute Gasteiger partial charge is 0.148 e. The van der Waals surface area contributed by atoms with E-state index in [1.165, 1.54) is 5.56 Å². The van der Waals surface area contributed by atoms with Crippen molar-refractivity contribution in [2.45, 2.75) is 119 Å². The summed E-state index contributed by atoms with van der Waals surface area (Å²) in [7, 11) is 0. The summed E-state index contributed by atoms with van der Waals surface area (Å²) in [5.74, 6) is -4.59. The third-order valence-electron chi connectivity index (χ3n) is 12.3. The number of imidazole rings is 1. The molecule has 4 nitrogen and oxygen atoms in total. The Morgan fingerprint density at radius 2 is 1.31 bits per heavy atom. The van der Waals surface area contributed by atoms with E-state index in [-0.39, 0.29) is 54.9 Å². The zero-order chi connectivity index (χ0) is 52.0. The number of rotatable bonds is 10. The molecule has 2 heterocycles. The number of para-hydroxylation sites is 1. The van der Waals surface area contributed by atoms with Crippen molar-refractivity contribution in [2.75, 3.05) is 0 Å². The van der Waals surface area contributed by atoms with Crippen LogP contribution in [0.25, 0.3) is 72.7 Å². The largest absolute Gasteiger partial charge is 0.507 e. The van der Waals surface area contributed by atoms with E-state index < -0.39 is 30.4 Å². The van der Waals surface area contributed by atoms with Crippen LogP contribution in [0.3, 0.4) is 0 Å². The molecule has 336 valence electrons. The van der Waals surface area contributed by atoms with E-state index in [9.17, 15) is 6.48 Å². The van der Waals surface area contributed by atoms with Crippen LogP contribution < -0.4 is 0 Å². The van der Waals surface area contributed by atoms with Crippen molar-refractivity contribution in [2.24, 2.45) is 0 Å². The van der Waals surface area contributed by atoms with E-state index >= 15 is 0 Å². The minimum Gasteiger partial charge on any atom is -0.507 e. The van der Waals surface area contributed by atoms with Crippen molar-refractivity contribution in [3.05, 3.63) is 166 Å². The molecule has 0 unspecified atom stereocenters. The molecule has 0 aliphatic rings. The predicted octanol–water partition coefficient (Wildman–Crippen LogP) is 16.7. The second-order valence-corrected chi connectivity index (χ2v) is 19.1. The summed E-state index contributed by atoms with van der Waals surface area (Å²) < 4.78 is 65.9. The average molecular weight is 1050 g/mol. The number of benzene rings is 6. The Bertz CT molecular complexity index is 3310. The van der Waals surface area contributed by atoms with Gasteiger partial charge in [0.05, 0.1) is 22.3 Å². The molecule has 0 amide bonds. The summed E-state index contributed by atoms with van der Waals surface area (Å²) >= 11 is 0. The summed E-state index contributed by atoms with van der Waals surface area (Å²) in [5.41, 5.74) is 11.9. The number of aromatic nitrogens is 3. The Kier molecular flexibility index (Phi) is 11.1. The number of hydrogen-bond acceptors (Lipinski definition) is 3. The van der Waals surface area contributed by atoms with Gasteiger partial charge in [-0.15, -0.1) is 29.3 Å². The Balaban J connectivity index is 0.00000760. The maximum atomic E-state index is 12.4. The summed E-state index contributed by atoms with van der Waals surface area (Å²) in [4.78, 5) is 10.3. The first-order valence-electron chi connectivity index (χ1n) is 25.6. The van der Waals surface area contributed by atoms with Crippen LogP contribution >= 0.6 is 0 Å². The van der Waals surface area contributed by atoms with Crippen LogP contribution in [-0.4, -0.2) is 19.6 Å². The first-order chi connectivity index (χ1) is 32.8. The summed E-state index contributed by atoms with van der Waals surface area (Å²) in [6, 6.07) is 40.5. The number of pyridine rings is 1. The van der Waals surface area contributed by atoms with Crippen LogP contribution in [0.2, 0.25) is 0 Å². The molecule has 5 heteroatoms. The molecule has 0 saturated heterocycles. The van der Waals surface area contributed by atoms with Gasteiger partial charge in [0.1, 0.15) is 11.6 Å². The molecule has 0 spiro atoms. The van der Waals surface area contributed by atoms with Crippen molar-refractivity contribution < 1.29 is 35.8 Å². The van der Waals surface area contributed by atoms with Crippen LogP contribution in [0.5, 0.6) is 5.75 Å². The molecule has 0 aliphatic carbocycles. The minimum atomic E-state index is -2.69. The van der Waals surface area contributed by atoms with E-state index in [1.54, 1.807) is 84.2 Å². The van der Waals surface area contributed by atoms with Gasteiger partial charge < -0.3 is 5.11 Å². The standard InChI is InChI=1S/C60H64N3O.Pt/c1-35(2)44-32-51(38(7)8)58(64)52(33-44)59-62-57-50(45-29-46(31-47(30-45)60(11,12)13)53-34-42(26-27-61-53)41-22-20-39(9)21-23-41)18-15-19-55(57)63(59)54-25-24-43(28-40(54)10)56-48(36(3)4)16-14-17-49(56)37(5)6;/h14-28,30-38,64H,1-13H3;/q-1;/i10D3,35D,36D,37D,38D;. The van der Waals surface area contributed by atoms with Gasteiger partial charge in [0, 0.05) is 42.6 Å². The molecule has 0 fully saturated rings. The molecule has 65 heavy (non-hydrogen) atoms. The van der Waals surface area contributed by atoms with Crippen LogP contribution in [0.15, 0.2) is 121 Å². The van der Waals surface area contributed by atoms with Gasteiger partial charge in [-0.05, 0) is 123 Å². The van der Waals surface area contributed by atoms with Crippen LogP contribution in [-0.2, 0) is 26.5 Å². The van der Waals surface area contributed by atoms with Gasteiger partial charge >= 0.3 is 0 Å². The molecule has 0 bridgehead atoms. The zero-order valence-corrected chi connectivity index (χ0v) is 41.9. The van der Waals surface area contributed by atoms with Crippen molar-refractivity contribution in [1.29, 1.82) is 0 Å². The van der Waals surface area contributed by atoms with Gasteiger partial charge in [0.25, 0.3) is 0 Å². The van der Waals surface area contributed by atoms with Crippen LogP contribution in [0.4, 0.5) is 0 Å². The molecule has 0 radical (unpaired) electrons. The zero-order valence-electron chi connectivity index (χ0n) is 46.7. The third-order valence-corrected chi connectivity index (χ3v) is 12.3. The monoisotopic (exact) mass is 1040 g/mol. The Morgan fingerprint density at radius 3 is 1.94 bits per heavy atom. The maximum absolute atomic E-state index is 12.4. The first kappa shape index (κ1) is 38.7. The van der Waals surface area contributed by atoms with Gasteiger partial charge in [-0.1, -0.05) is 166 Å². The van der Waals surface area contributed by atoms with Crippen LogP contribution in [0.1, 0.15) is 148 Å². The number of hydrogen-bond donors (Lipinski definition) is 1. The Morgan fingerprint density at radius 1 is 0.662 bits per heavy atom. The van der Waals surface area contributed by atoms with Crippen LogP contribution in [0, 0.1) is 19.8 Å². The maximum Gasteiger partial charge on any atom is 0.148 e. The molecule has 0 saturated carbocycles. The van der Waals surface area contributed by atoms with E-state index in [4.69, 9.17) is 18.2 Å². The number of aryl methyl sites for hydroxylation is 2. The van der Waals surface area contributed by atoms with Gasteiger partial charge in [-0.25, -0.2) is 4.98 Å². The first-order valence-corrected chi connectivity index (χ1v) is 22.1. The predicted molar refractivity (Wildman–Crippen MR) is 271 cm³/mol. The number of fused-ring (bicyclic) bond motifs is 1. The van der Waals surface area contributed by atoms with Crippen molar-refractivity contribution in [3.8, 4) is 67.5 Å². The molecule has 8 aromatic rings. The Hall–Kier alpha value is -5.57. The van der Waals surface area contributed by atoms with Gasteiger partial charge in [0.15, 0.2) is 0 Å².